The number of aromatic amines is 1. The molecule has 0 aliphatic heterocycles. The number of aryl methyl sites for hydroxylation is 1. The molecule has 5 nitrogen and oxygen atoms in total. The van der Waals surface area contributed by atoms with Gasteiger partial charge in [0.05, 0.1) is 12.2 Å². The number of rotatable bonds is 5. The summed E-state index contributed by atoms with van der Waals surface area (Å²) in [5.41, 5.74) is 0. The predicted molar refractivity (Wildman–Crippen MR) is 75.5 cm³/mol. The summed E-state index contributed by atoms with van der Waals surface area (Å²) in [4.78, 5) is 7.68. The standard InChI is InChI=1S/C12H17N3O2S2/c1-8(2)12(10-5-4-6-18-10)15-19(16,17)11-7-13-9(3)14-11/h4-8,12,15H,1-3H3,(H,13,14). The molecule has 104 valence electrons. The summed E-state index contributed by atoms with van der Waals surface area (Å²) >= 11 is 1.55. The molecule has 0 aliphatic carbocycles. The lowest BCUT2D eigenvalue weighted by Crippen LogP contribution is -2.31. The van der Waals surface area contributed by atoms with Crippen molar-refractivity contribution in [2.45, 2.75) is 31.8 Å². The molecule has 0 saturated heterocycles. The molecular weight excluding hydrogens is 282 g/mol. The average molecular weight is 299 g/mol. The van der Waals surface area contributed by atoms with Crippen molar-refractivity contribution >= 4 is 21.4 Å². The molecule has 0 aliphatic rings. The van der Waals surface area contributed by atoms with Gasteiger partial charge in [-0.1, -0.05) is 19.9 Å². The third-order valence-electron chi connectivity index (χ3n) is 2.77. The van der Waals surface area contributed by atoms with Crippen LogP contribution in [-0.2, 0) is 10.0 Å². The monoisotopic (exact) mass is 299 g/mol. The first-order chi connectivity index (χ1) is 8.90. The van der Waals surface area contributed by atoms with Crippen LogP contribution in [0.4, 0.5) is 0 Å². The van der Waals surface area contributed by atoms with Gasteiger partial charge in [-0.05, 0) is 24.3 Å². The summed E-state index contributed by atoms with van der Waals surface area (Å²) in [6.07, 6.45) is 1.34. The Labute approximate surface area is 117 Å². The highest BCUT2D eigenvalue weighted by molar-refractivity contribution is 7.89. The molecule has 1 atom stereocenters. The smallest absolute Gasteiger partial charge is 0.258 e. The van der Waals surface area contributed by atoms with E-state index in [4.69, 9.17) is 0 Å². The van der Waals surface area contributed by atoms with Crippen LogP contribution in [-0.4, -0.2) is 18.4 Å². The number of nitrogens with zero attached hydrogens (tertiary/aromatic N) is 1. The highest BCUT2D eigenvalue weighted by Crippen LogP contribution is 2.27. The largest absolute Gasteiger partial charge is 0.332 e. The van der Waals surface area contributed by atoms with Gasteiger partial charge in [0, 0.05) is 4.88 Å². The van der Waals surface area contributed by atoms with Crippen molar-refractivity contribution in [3.05, 3.63) is 34.4 Å². The molecule has 0 spiro atoms. The normalized spacial score (nSPS) is 13.9. The third-order valence-corrected chi connectivity index (χ3v) is 5.07. The van der Waals surface area contributed by atoms with Crippen LogP contribution in [0.2, 0.25) is 0 Å². The zero-order valence-electron chi connectivity index (χ0n) is 11.0. The molecule has 19 heavy (non-hydrogen) atoms. The van der Waals surface area contributed by atoms with Crippen molar-refractivity contribution in [2.24, 2.45) is 5.92 Å². The Morgan fingerprint density at radius 2 is 2.16 bits per heavy atom. The van der Waals surface area contributed by atoms with Gasteiger partial charge in [0.1, 0.15) is 5.82 Å². The second-order valence-electron chi connectivity index (χ2n) is 4.69. The summed E-state index contributed by atoms with van der Waals surface area (Å²) in [6.45, 7) is 5.70. The van der Waals surface area contributed by atoms with Gasteiger partial charge in [0.15, 0.2) is 5.03 Å². The van der Waals surface area contributed by atoms with Crippen LogP contribution in [0.1, 0.15) is 30.6 Å². The number of aromatic nitrogens is 2. The van der Waals surface area contributed by atoms with E-state index in [0.29, 0.717) is 5.82 Å². The number of hydrogen-bond acceptors (Lipinski definition) is 4. The fraction of sp³-hybridized carbons (Fsp3) is 0.417. The first kappa shape index (κ1) is 14.2. The molecular formula is C12H17N3O2S2. The average Bonchev–Trinajstić information content (AvgIpc) is 2.96. The second kappa shape index (κ2) is 5.44. The Balaban J connectivity index is 2.27. The van der Waals surface area contributed by atoms with Crippen molar-refractivity contribution in [2.75, 3.05) is 0 Å². The van der Waals surface area contributed by atoms with Crippen LogP contribution in [0.15, 0.2) is 28.7 Å². The molecule has 0 fully saturated rings. The van der Waals surface area contributed by atoms with Crippen LogP contribution < -0.4 is 4.72 Å². The maximum Gasteiger partial charge on any atom is 0.258 e. The van der Waals surface area contributed by atoms with Crippen molar-refractivity contribution in [3.63, 3.8) is 0 Å². The van der Waals surface area contributed by atoms with Crippen LogP contribution in [0.3, 0.4) is 0 Å². The summed E-state index contributed by atoms with van der Waals surface area (Å²) in [6, 6.07) is 3.63. The van der Waals surface area contributed by atoms with E-state index in [-0.39, 0.29) is 17.0 Å². The van der Waals surface area contributed by atoms with E-state index < -0.39 is 10.0 Å². The maximum absolute atomic E-state index is 12.3. The fourth-order valence-corrected chi connectivity index (χ4v) is 4.11. The van der Waals surface area contributed by atoms with E-state index >= 15 is 0 Å². The molecule has 0 saturated carbocycles. The van der Waals surface area contributed by atoms with Crippen molar-refractivity contribution in [3.8, 4) is 0 Å². The minimum atomic E-state index is -3.57. The lowest BCUT2D eigenvalue weighted by Gasteiger charge is -2.20. The van der Waals surface area contributed by atoms with Gasteiger partial charge in [-0.25, -0.2) is 18.1 Å². The van der Waals surface area contributed by atoms with Gasteiger partial charge in [-0.2, -0.15) is 0 Å². The molecule has 2 heterocycles. The molecule has 2 aromatic heterocycles. The van der Waals surface area contributed by atoms with E-state index in [0.717, 1.165) is 4.88 Å². The summed E-state index contributed by atoms with van der Waals surface area (Å²) in [5.74, 6) is 0.745. The van der Waals surface area contributed by atoms with E-state index in [1.807, 2.05) is 31.4 Å². The molecule has 2 aromatic rings. The minimum Gasteiger partial charge on any atom is -0.332 e. The predicted octanol–water partition coefficient (Wildman–Crippen LogP) is 2.46. The van der Waals surface area contributed by atoms with Gasteiger partial charge >= 0.3 is 0 Å². The second-order valence-corrected chi connectivity index (χ2v) is 7.35. The first-order valence-electron chi connectivity index (χ1n) is 5.97. The minimum absolute atomic E-state index is 0.104. The van der Waals surface area contributed by atoms with Gasteiger partial charge in [0.2, 0.25) is 0 Å². The lowest BCUT2D eigenvalue weighted by molar-refractivity contribution is 0.468. The van der Waals surface area contributed by atoms with Gasteiger partial charge in [-0.15, -0.1) is 11.3 Å². The zero-order chi connectivity index (χ0) is 14.0. The molecule has 0 amide bonds. The van der Waals surface area contributed by atoms with E-state index in [1.165, 1.54) is 6.20 Å². The SMILES string of the molecule is Cc1ncc(S(=O)(=O)NC(c2cccs2)C(C)C)[nH]1. The first-order valence-corrected chi connectivity index (χ1v) is 8.34. The Kier molecular flexibility index (Phi) is 4.07. The van der Waals surface area contributed by atoms with Gasteiger partial charge < -0.3 is 4.98 Å². The van der Waals surface area contributed by atoms with Crippen molar-refractivity contribution in [1.29, 1.82) is 0 Å². The molecule has 2 N–H and O–H groups in total. The summed E-state index contributed by atoms with van der Waals surface area (Å²) in [5, 5.41) is 2.05. The number of hydrogen-bond donors (Lipinski definition) is 2. The Morgan fingerprint density at radius 1 is 1.42 bits per heavy atom. The van der Waals surface area contributed by atoms with Crippen LogP contribution in [0.25, 0.3) is 0 Å². The molecule has 0 aromatic carbocycles. The van der Waals surface area contributed by atoms with Crippen LogP contribution in [0.5, 0.6) is 0 Å². The van der Waals surface area contributed by atoms with Crippen LogP contribution in [0, 0.1) is 12.8 Å². The molecule has 2 rings (SSSR count). The van der Waals surface area contributed by atoms with Gasteiger partial charge in [0.25, 0.3) is 10.0 Å². The highest BCUT2D eigenvalue weighted by atomic mass is 32.2. The summed E-state index contributed by atoms with van der Waals surface area (Å²) in [7, 11) is -3.57. The van der Waals surface area contributed by atoms with Gasteiger partial charge in [-0.3, -0.25) is 0 Å². The lowest BCUT2D eigenvalue weighted by atomic mass is 10.0. The van der Waals surface area contributed by atoms with E-state index in [2.05, 4.69) is 14.7 Å². The Bertz CT molecular complexity index is 630. The Hall–Kier alpha value is -1.18. The van der Waals surface area contributed by atoms with Crippen LogP contribution >= 0.6 is 11.3 Å². The number of H-pyrrole nitrogens is 1. The quantitative estimate of drug-likeness (QED) is 0.890. The summed E-state index contributed by atoms with van der Waals surface area (Å²) < 4.78 is 27.3. The van der Waals surface area contributed by atoms with E-state index in [1.54, 1.807) is 18.3 Å². The van der Waals surface area contributed by atoms with Crippen molar-refractivity contribution in [1.82, 2.24) is 14.7 Å². The topological polar surface area (TPSA) is 74.8 Å². The van der Waals surface area contributed by atoms with E-state index in [9.17, 15) is 8.42 Å². The molecule has 7 heteroatoms. The zero-order valence-corrected chi connectivity index (χ0v) is 12.7. The van der Waals surface area contributed by atoms with Crippen molar-refractivity contribution < 1.29 is 8.42 Å². The maximum atomic E-state index is 12.3. The number of imidazole rings is 1. The molecule has 1 unspecified atom stereocenters. The Morgan fingerprint density at radius 3 is 2.63 bits per heavy atom. The number of sulfonamides is 1. The highest BCUT2D eigenvalue weighted by Gasteiger charge is 2.25. The third kappa shape index (κ3) is 3.23. The fourth-order valence-electron chi connectivity index (χ4n) is 1.76. The number of thiophene rings is 1. The molecule has 0 radical (unpaired) electrons. The number of nitrogens with one attached hydrogen (secondary N) is 2. The molecule has 0 bridgehead atoms.